The van der Waals surface area contributed by atoms with Crippen molar-refractivity contribution < 1.29 is 4.79 Å². The molecule has 0 aromatic carbocycles. The van der Waals surface area contributed by atoms with Crippen molar-refractivity contribution in [3.8, 4) is 0 Å². The monoisotopic (exact) mass is 259 g/mol. The lowest BCUT2D eigenvalue weighted by molar-refractivity contribution is -0.121. The second-order valence-corrected chi connectivity index (χ2v) is 5.74. The minimum atomic E-state index is 0.204. The lowest BCUT2D eigenvalue weighted by Gasteiger charge is -2.27. The molecule has 1 saturated carbocycles. The molecule has 100 valence electrons. The van der Waals surface area contributed by atoms with Crippen molar-refractivity contribution >= 4 is 17.5 Å². The number of unbranched alkanes of at least 4 members (excludes halogenated alkanes) is 3. The van der Waals surface area contributed by atoms with Crippen LogP contribution in [0.1, 0.15) is 64.7 Å². The third-order valence-electron chi connectivity index (χ3n) is 3.64. The molecule has 0 saturated heterocycles. The lowest BCUT2D eigenvalue weighted by atomic mass is 9.88. The van der Waals surface area contributed by atoms with Gasteiger partial charge in [0.05, 0.1) is 0 Å². The molecule has 0 aromatic rings. The molecular formula is C14H26ClNO. The van der Waals surface area contributed by atoms with Gasteiger partial charge in [-0.3, -0.25) is 4.79 Å². The predicted molar refractivity (Wildman–Crippen MR) is 73.4 cm³/mol. The predicted octanol–water partition coefficient (Wildman–Crippen LogP) is 3.87. The van der Waals surface area contributed by atoms with E-state index in [1.165, 1.54) is 38.5 Å². The number of rotatable bonds is 7. The van der Waals surface area contributed by atoms with Gasteiger partial charge in [-0.05, 0) is 25.2 Å². The van der Waals surface area contributed by atoms with Gasteiger partial charge >= 0.3 is 0 Å². The van der Waals surface area contributed by atoms with Gasteiger partial charge < -0.3 is 5.32 Å². The summed E-state index contributed by atoms with van der Waals surface area (Å²) in [6.45, 7) is 2.96. The first-order chi connectivity index (χ1) is 8.24. The topological polar surface area (TPSA) is 29.1 Å². The van der Waals surface area contributed by atoms with Crippen LogP contribution in [-0.2, 0) is 4.79 Å². The molecule has 1 aliphatic carbocycles. The average molecular weight is 260 g/mol. The molecule has 2 unspecified atom stereocenters. The standard InChI is InChI=1S/C14H26ClNO/c1-2-3-4-5-10-14(17)16-11-12-8-6-7-9-13(12)15/h12-13H,2-11H2,1H3,(H,16,17). The maximum atomic E-state index is 11.6. The van der Waals surface area contributed by atoms with Crippen LogP contribution in [0.4, 0.5) is 0 Å². The first-order valence-corrected chi connectivity index (χ1v) is 7.58. The third-order valence-corrected chi connectivity index (χ3v) is 4.21. The van der Waals surface area contributed by atoms with Gasteiger partial charge in [-0.2, -0.15) is 0 Å². The highest BCUT2D eigenvalue weighted by atomic mass is 35.5. The molecule has 17 heavy (non-hydrogen) atoms. The van der Waals surface area contributed by atoms with E-state index in [4.69, 9.17) is 11.6 Å². The highest BCUT2D eigenvalue weighted by molar-refractivity contribution is 6.20. The number of carbonyl (C=O) groups excluding carboxylic acids is 1. The first kappa shape index (κ1) is 14.8. The molecule has 1 aliphatic rings. The zero-order chi connectivity index (χ0) is 12.5. The van der Waals surface area contributed by atoms with Crippen LogP contribution in [0, 0.1) is 5.92 Å². The Bertz CT molecular complexity index is 220. The van der Waals surface area contributed by atoms with Crippen LogP contribution in [0.15, 0.2) is 0 Å². The summed E-state index contributed by atoms with van der Waals surface area (Å²) in [4.78, 5) is 11.6. The highest BCUT2D eigenvalue weighted by Gasteiger charge is 2.23. The number of hydrogen-bond donors (Lipinski definition) is 1. The van der Waals surface area contributed by atoms with Crippen LogP contribution in [0.3, 0.4) is 0 Å². The van der Waals surface area contributed by atoms with E-state index in [2.05, 4.69) is 12.2 Å². The van der Waals surface area contributed by atoms with E-state index >= 15 is 0 Å². The summed E-state index contributed by atoms with van der Waals surface area (Å²) in [5.74, 6) is 0.695. The van der Waals surface area contributed by atoms with E-state index in [9.17, 15) is 4.79 Å². The third kappa shape index (κ3) is 6.30. The molecule has 2 nitrogen and oxygen atoms in total. The molecule has 1 fully saturated rings. The van der Waals surface area contributed by atoms with E-state index in [1.807, 2.05) is 0 Å². The largest absolute Gasteiger partial charge is 0.356 e. The molecule has 0 radical (unpaired) electrons. The van der Waals surface area contributed by atoms with Gasteiger partial charge in [0.1, 0.15) is 0 Å². The van der Waals surface area contributed by atoms with Crippen LogP contribution in [0.25, 0.3) is 0 Å². The van der Waals surface area contributed by atoms with Gasteiger partial charge in [0, 0.05) is 18.3 Å². The normalized spacial score (nSPS) is 24.6. The Morgan fingerprint density at radius 3 is 2.71 bits per heavy atom. The fourth-order valence-electron chi connectivity index (χ4n) is 2.44. The van der Waals surface area contributed by atoms with E-state index in [1.54, 1.807) is 0 Å². The quantitative estimate of drug-likeness (QED) is 0.546. The fourth-order valence-corrected chi connectivity index (χ4v) is 2.81. The molecule has 2 atom stereocenters. The number of hydrogen-bond acceptors (Lipinski definition) is 1. The number of amides is 1. The number of nitrogens with one attached hydrogen (secondary N) is 1. The Labute approximate surface area is 110 Å². The van der Waals surface area contributed by atoms with E-state index < -0.39 is 0 Å². The second-order valence-electron chi connectivity index (χ2n) is 5.18. The Kier molecular flexibility index (Phi) is 7.67. The Hall–Kier alpha value is -0.240. The van der Waals surface area contributed by atoms with Crippen molar-refractivity contribution in [2.75, 3.05) is 6.54 Å². The smallest absolute Gasteiger partial charge is 0.220 e. The van der Waals surface area contributed by atoms with Crippen LogP contribution in [0.5, 0.6) is 0 Å². The summed E-state index contributed by atoms with van der Waals surface area (Å²) in [5, 5.41) is 3.30. The summed E-state index contributed by atoms with van der Waals surface area (Å²) < 4.78 is 0. The molecule has 3 heteroatoms. The van der Waals surface area contributed by atoms with Crippen molar-refractivity contribution in [1.29, 1.82) is 0 Å². The molecule has 0 spiro atoms. The number of carbonyl (C=O) groups is 1. The Morgan fingerprint density at radius 1 is 1.24 bits per heavy atom. The van der Waals surface area contributed by atoms with Crippen LogP contribution >= 0.6 is 11.6 Å². The van der Waals surface area contributed by atoms with Crippen molar-refractivity contribution in [1.82, 2.24) is 5.32 Å². The highest BCUT2D eigenvalue weighted by Crippen LogP contribution is 2.27. The van der Waals surface area contributed by atoms with Crippen molar-refractivity contribution in [3.63, 3.8) is 0 Å². The van der Waals surface area contributed by atoms with Crippen LogP contribution in [-0.4, -0.2) is 17.8 Å². The number of alkyl halides is 1. The Morgan fingerprint density at radius 2 is 2.00 bits per heavy atom. The van der Waals surface area contributed by atoms with Crippen molar-refractivity contribution in [3.05, 3.63) is 0 Å². The maximum absolute atomic E-state index is 11.6. The molecule has 1 amide bonds. The molecule has 0 bridgehead atoms. The molecule has 1 N–H and O–H groups in total. The summed E-state index contributed by atoms with van der Waals surface area (Å²) in [6.07, 6.45) is 10.1. The van der Waals surface area contributed by atoms with Gasteiger partial charge in [0.25, 0.3) is 0 Å². The van der Waals surface area contributed by atoms with Gasteiger partial charge in [-0.15, -0.1) is 11.6 Å². The van der Waals surface area contributed by atoms with E-state index in [0.717, 1.165) is 19.4 Å². The zero-order valence-corrected chi connectivity index (χ0v) is 11.8. The fraction of sp³-hybridized carbons (Fsp3) is 0.929. The molecule has 0 aromatic heterocycles. The van der Waals surface area contributed by atoms with Gasteiger partial charge in [-0.25, -0.2) is 0 Å². The minimum absolute atomic E-state index is 0.204. The summed E-state index contributed by atoms with van der Waals surface area (Å²) in [6, 6.07) is 0. The summed E-state index contributed by atoms with van der Waals surface area (Å²) >= 11 is 6.26. The Balaban J connectivity index is 2.06. The second kappa shape index (κ2) is 8.79. The van der Waals surface area contributed by atoms with E-state index in [0.29, 0.717) is 12.3 Å². The number of halogens is 1. The molecule has 0 aliphatic heterocycles. The average Bonchev–Trinajstić information content (AvgIpc) is 2.34. The summed E-state index contributed by atoms with van der Waals surface area (Å²) in [7, 11) is 0. The maximum Gasteiger partial charge on any atom is 0.220 e. The van der Waals surface area contributed by atoms with Crippen LogP contribution in [0.2, 0.25) is 0 Å². The summed E-state index contributed by atoms with van der Waals surface area (Å²) in [5.41, 5.74) is 0. The van der Waals surface area contributed by atoms with E-state index in [-0.39, 0.29) is 11.3 Å². The zero-order valence-electron chi connectivity index (χ0n) is 11.0. The minimum Gasteiger partial charge on any atom is -0.356 e. The molecule has 0 heterocycles. The van der Waals surface area contributed by atoms with Crippen LogP contribution < -0.4 is 5.32 Å². The SMILES string of the molecule is CCCCCCC(=O)NCC1CCCCC1Cl. The first-order valence-electron chi connectivity index (χ1n) is 7.14. The lowest BCUT2D eigenvalue weighted by Crippen LogP contribution is -2.34. The van der Waals surface area contributed by atoms with Gasteiger partial charge in [0.2, 0.25) is 5.91 Å². The van der Waals surface area contributed by atoms with Gasteiger partial charge in [0.15, 0.2) is 0 Å². The van der Waals surface area contributed by atoms with Crippen molar-refractivity contribution in [2.24, 2.45) is 5.92 Å². The van der Waals surface area contributed by atoms with Crippen molar-refractivity contribution in [2.45, 2.75) is 70.1 Å². The van der Waals surface area contributed by atoms with Gasteiger partial charge in [-0.1, -0.05) is 39.0 Å². The molecular weight excluding hydrogens is 234 g/mol. The molecule has 1 rings (SSSR count).